The van der Waals surface area contributed by atoms with Crippen molar-refractivity contribution < 1.29 is 9.59 Å². The second kappa shape index (κ2) is 7.72. The van der Waals surface area contributed by atoms with E-state index in [4.69, 9.17) is 0 Å². The standard InChI is InChI=1S/C12H22O2/c1-12(2,9-7-11-14)8-5-3-4-6-10-13/h10-11H,3-9H2,1-2H3. The molecule has 0 rings (SSSR count). The van der Waals surface area contributed by atoms with E-state index in [0.29, 0.717) is 12.8 Å². The molecule has 14 heavy (non-hydrogen) atoms. The second-order valence-electron chi connectivity index (χ2n) is 4.64. The van der Waals surface area contributed by atoms with Gasteiger partial charge in [0.25, 0.3) is 0 Å². The van der Waals surface area contributed by atoms with Gasteiger partial charge in [-0.25, -0.2) is 0 Å². The van der Waals surface area contributed by atoms with Crippen molar-refractivity contribution in [2.45, 2.75) is 58.8 Å². The van der Waals surface area contributed by atoms with Crippen LogP contribution in [0.25, 0.3) is 0 Å². The highest BCUT2D eigenvalue weighted by Gasteiger charge is 2.16. The van der Waals surface area contributed by atoms with Crippen LogP contribution < -0.4 is 0 Å². The minimum absolute atomic E-state index is 0.280. The molecule has 0 fully saturated rings. The molecular weight excluding hydrogens is 176 g/mol. The van der Waals surface area contributed by atoms with Crippen molar-refractivity contribution in [3.8, 4) is 0 Å². The van der Waals surface area contributed by atoms with Crippen molar-refractivity contribution in [1.82, 2.24) is 0 Å². The molecule has 0 saturated carbocycles. The molecule has 0 aliphatic rings. The highest BCUT2D eigenvalue weighted by molar-refractivity contribution is 5.49. The third-order valence-corrected chi connectivity index (χ3v) is 2.61. The Kier molecular flexibility index (Phi) is 7.35. The fraction of sp³-hybridized carbons (Fsp3) is 0.833. The molecule has 0 unspecified atom stereocenters. The second-order valence-corrected chi connectivity index (χ2v) is 4.64. The van der Waals surface area contributed by atoms with Crippen molar-refractivity contribution in [2.24, 2.45) is 5.41 Å². The topological polar surface area (TPSA) is 34.1 Å². The molecule has 0 aromatic heterocycles. The van der Waals surface area contributed by atoms with Crippen molar-refractivity contribution in [2.75, 3.05) is 0 Å². The van der Waals surface area contributed by atoms with Crippen LogP contribution in [-0.2, 0) is 9.59 Å². The Morgan fingerprint density at radius 3 is 2.07 bits per heavy atom. The average Bonchev–Trinajstić information content (AvgIpc) is 2.15. The number of aldehydes is 2. The Balaban J connectivity index is 3.44. The molecule has 0 saturated heterocycles. The van der Waals surface area contributed by atoms with E-state index in [-0.39, 0.29) is 5.41 Å². The molecular formula is C12H22O2. The van der Waals surface area contributed by atoms with E-state index in [1.165, 1.54) is 6.42 Å². The fourth-order valence-electron chi connectivity index (χ4n) is 1.58. The summed E-state index contributed by atoms with van der Waals surface area (Å²) < 4.78 is 0. The Hall–Kier alpha value is -0.660. The molecule has 0 aliphatic heterocycles. The van der Waals surface area contributed by atoms with E-state index >= 15 is 0 Å². The highest BCUT2D eigenvalue weighted by atomic mass is 16.1. The summed E-state index contributed by atoms with van der Waals surface area (Å²) >= 11 is 0. The molecule has 0 heterocycles. The summed E-state index contributed by atoms with van der Waals surface area (Å²) in [5.74, 6) is 0. The predicted molar refractivity (Wildman–Crippen MR) is 58.2 cm³/mol. The van der Waals surface area contributed by atoms with Gasteiger partial charge in [0, 0.05) is 12.8 Å². The van der Waals surface area contributed by atoms with Gasteiger partial charge in [-0.05, 0) is 24.7 Å². The molecule has 82 valence electrons. The third-order valence-electron chi connectivity index (χ3n) is 2.61. The maximum Gasteiger partial charge on any atom is 0.120 e. The summed E-state index contributed by atoms with van der Waals surface area (Å²) in [6, 6.07) is 0. The van der Waals surface area contributed by atoms with Crippen LogP contribution in [0, 0.1) is 5.41 Å². The van der Waals surface area contributed by atoms with Crippen molar-refractivity contribution >= 4 is 12.6 Å². The van der Waals surface area contributed by atoms with E-state index in [2.05, 4.69) is 13.8 Å². The van der Waals surface area contributed by atoms with E-state index in [0.717, 1.165) is 38.3 Å². The van der Waals surface area contributed by atoms with E-state index in [1.54, 1.807) is 0 Å². The smallest absolute Gasteiger partial charge is 0.120 e. The summed E-state index contributed by atoms with van der Waals surface area (Å²) in [4.78, 5) is 20.3. The summed E-state index contributed by atoms with van der Waals surface area (Å²) in [6.07, 6.45) is 8.77. The van der Waals surface area contributed by atoms with Gasteiger partial charge in [0.2, 0.25) is 0 Å². The lowest BCUT2D eigenvalue weighted by molar-refractivity contribution is -0.109. The monoisotopic (exact) mass is 198 g/mol. The van der Waals surface area contributed by atoms with Crippen LogP contribution in [0.3, 0.4) is 0 Å². The number of hydrogen-bond acceptors (Lipinski definition) is 2. The first-order valence-corrected chi connectivity index (χ1v) is 5.50. The average molecular weight is 198 g/mol. The maximum atomic E-state index is 10.2. The minimum atomic E-state index is 0.280. The van der Waals surface area contributed by atoms with Crippen LogP contribution in [0.15, 0.2) is 0 Å². The van der Waals surface area contributed by atoms with Gasteiger partial charge >= 0.3 is 0 Å². The molecule has 2 nitrogen and oxygen atoms in total. The van der Waals surface area contributed by atoms with Crippen LogP contribution in [0.1, 0.15) is 58.8 Å². The molecule has 0 atom stereocenters. The lowest BCUT2D eigenvalue weighted by atomic mass is 9.83. The molecule has 2 heteroatoms. The quantitative estimate of drug-likeness (QED) is 0.421. The van der Waals surface area contributed by atoms with Gasteiger partial charge in [0.1, 0.15) is 12.6 Å². The zero-order valence-electron chi connectivity index (χ0n) is 9.42. The fourth-order valence-corrected chi connectivity index (χ4v) is 1.58. The van der Waals surface area contributed by atoms with Crippen LogP contribution >= 0.6 is 0 Å². The van der Waals surface area contributed by atoms with Crippen LogP contribution in [-0.4, -0.2) is 12.6 Å². The van der Waals surface area contributed by atoms with Gasteiger partial charge in [0.15, 0.2) is 0 Å². The van der Waals surface area contributed by atoms with E-state index in [9.17, 15) is 9.59 Å². The van der Waals surface area contributed by atoms with E-state index < -0.39 is 0 Å². The number of unbranched alkanes of at least 4 members (excludes halogenated alkanes) is 3. The van der Waals surface area contributed by atoms with Crippen LogP contribution in [0.5, 0.6) is 0 Å². The molecule has 0 aromatic carbocycles. The van der Waals surface area contributed by atoms with Gasteiger partial charge in [-0.15, -0.1) is 0 Å². The Morgan fingerprint density at radius 1 is 0.857 bits per heavy atom. The molecule has 0 aliphatic carbocycles. The minimum Gasteiger partial charge on any atom is -0.303 e. The van der Waals surface area contributed by atoms with Gasteiger partial charge in [-0.2, -0.15) is 0 Å². The third kappa shape index (κ3) is 7.96. The zero-order valence-corrected chi connectivity index (χ0v) is 9.42. The lowest BCUT2D eigenvalue weighted by Crippen LogP contribution is -2.11. The molecule has 0 aromatic rings. The SMILES string of the molecule is CC(C)(CCC=O)CCCCCC=O. The molecule has 0 amide bonds. The summed E-state index contributed by atoms with van der Waals surface area (Å²) in [5.41, 5.74) is 0.280. The van der Waals surface area contributed by atoms with Crippen LogP contribution in [0.4, 0.5) is 0 Å². The van der Waals surface area contributed by atoms with Crippen molar-refractivity contribution in [3.63, 3.8) is 0 Å². The Labute approximate surface area is 87.1 Å². The molecule has 0 radical (unpaired) electrons. The lowest BCUT2D eigenvalue weighted by Gasteiger charge is -2.23. The van der Waals surface area contributed by atoms with Crippen molar-refractivity contribution in [3.05, 3.63) is 0 Å². The number of hydrogen-bond donors (Lipinski definition) is 0. The Morgan fingerprint density at radius 2 is 1.50 bits per heavy atom. The van der Waals surface area contributed by atoms with Gasteiger partial charge in [-0.3, -0.25) is 0 Å². The van der Waals surface area contributed by atoms with Gasteiger partial charge < -0.3 is 9.59 Å². The molecule has 0 bridgehead atoms. The normalized spacial score (nSPS) is 11.3. The van der Waals surface area contributed by atoms with Crippen molar-refractivity contribution in [1.29, 1.82) is 0 Å². The largest absolute Gasteiger partial charge is 0.303 e. The van der Waals surface area contributed by atoms with Gasteiger partial charge in [-0.1, -0.05) is 26.7 Å². The molecule has 0 spiro atoms. The zero-order chi connectivity index (χ0) is 10.9. The summed E-state index contributed by atoms with van der Waals surface area (Å²) in [5, 5.41) is 0. The first-order valence-electron chi connectivity index (χ1n) is 5.50. The van der Waals surface area contributed by atoms with Crippen LogP contribution in [0.2, 0.25) is 0 Å². The summed E-state index contributed by atoms with van der Waals surface area (Å²) in [6.45, 7) is 4.41. The number of carbonyl (C=O) groups excluding carboxylic acids is 2. The first kappa shape index (κ1) is 13.3. The Bertz CT molecular complexity index is 162. The van der Waals surface area contributed by atoms with Gasteiger partial charge in [0.05, 0.1) is 0 Å². The molecule has 0 N–H and O–H groups in total. The highest BCUT2D eigenvalue weighted by Crippen LogP contribution is 2.28. The summed E-state index contributed by atoms with van der Waals surface area (Å²) in [7, 11) is 0. The number of rotatable bonds is 9. The van der Waals surface area contributed by atoms with E-state index in [1.807, 2.05) is 0 Å². The first-order chi connectivity index (χ1) is 6.62. The predicted octanol–water partition coefficient (Wildman–Crippen LogP) is 3.14. The number of carbonyl (C=O) groups is 2. The maximum absolute atomic E-state index is 10.2.